The van der Waals surface area contributed by atoms with Gasteiger partial charge in [-0.15, -0.1) is 0 Å². The lowest BCUT2D eigenvalue weighted by Gasteiger charge is -2.40. The summed E-state index contributed by atoms with van der Waals surface area (Å²) in [5, 5.41) is 0. The summed E-state index contributed by atoms with van der Waals surface area (Å²) in [6, 6.07) is 14.3. The van der Waals surface area contributed by atoms with Crippen LogP contribution >= 0.6 is 0 Å². The molecule has 1 aromatic carbocycles. The quantitative estimate of drug-likeness (QED) is 0.820. The smallest absolute Gasteiger partial charge is 0.131 e. The maximum absolute atomic E-state index is 5.90. The predicted octanol–water partition coefficient (Wildman–Crippen LogP) is 3.76. The molecule has 1 aromatic heterocycles. The molecule has 3 heterocycles. The summed E-state index contributed by atoms with van der Waals surface area (Å²) in [5.41, 5.74) is 1.71. The molecule has 4 nitrogen and oxygen atoms in total. The van der Waals surface area contributed by atoms with E-state index < -0.39 is 0 Å². The molecule has 1 spiro atoms. The molecular formula is C22H29N3O. The molecule has 0 bridgehead atoms. The predicted molar refractivity (Wildman–Crippen MR) is 106 cm³/mol. The molecule has 2 aromatic rings. The van der Waals surface area contributed by atoms with Gasteiger partial charge in [-0.25, -0.2) is 4.98 Å². The third-order valence-electron chi connectivity index (χ3n) is 5.88. The van der Waals surface area contributed by atoms with Crippen molar-refractivity contribution in [2.45, 2.75) is 26.2 Å². The largest absolute Gasteiger partial charge is 0.492 e. The summed E-state index contributed by atoms with van der Waals surface area (Å²) < 4.78 is 5.90. The summed E-state index contributed by atoms with van der Waals surface area (Å²) in [6.07, 6.45) is 5.83. The number of para-hydroxylation sites is 1. The Morgan fingerprint density at radius 1 is 1.04 bits per heavy atom. The molecule has 1 unspecified atom stereocenters. The molecule has 0 saturated carbocycles. The first-order valence-electron chi connectivity index (χ1n) is 9.81. The minimum absolute atomic E-state index is 0.426. The normalized spacial score (nSPS) is 23.5. The van der Waals surface area contributed by atoms with Crippen LogP contribution in [0.5, 0.6) is 5.75 Å². The Bertz CT molecular complexity index is 720. The molecule has 2 aliphatic rings. The van der Waals surface area contributed by atoms with Crippen LogP contribution in [0.25, 0.3) is 0 Å². The van der Waals surface area contributed by atoms with Crippen LogP contribution in [0.4, 0.5) is 5.82 Å². The monoisotopic (exact) mass is 351 g/mol. The van der Waals surface area contributed by atoms with Crippen molar-refractivity contribution in [3.63, 3.8) is 0 Å². The summed E-state index contributed by atoms with van der Waals surface area (Å²) >= 11 is 0. The number of benzene rings is 1. The van der Waals surface area contributed by atoms with Crippen LogP contribution in [0.3, 0.4) is 0 Å². The number of nitrogens with zero attached hydrogens (tertiary/aromatic N) is 3. The van der Waals surface area contributed by atoms with Crippen LogP contribution < -0.4 is 9.64 Å². The zero-order valence-corrected chi connectivity index (χ0v) is 15.7. The molecule has 0 N–H and O–H groups in total. The molecule has 1 atom stereocenters. The van der Waals surface area contributed by atoms with E-state index in [0.29, 0.717) is 5.41 Å². The van der Waals surface area contributed by atoms with Gasteiger partial charge in [0.05, 0.1) is 0 Å². The first kappa shape index (κ1) is 17.3. The van der Waals surface area contributed by atoms with Crippen molar-refractivity contribution in [2.75, 3.05) is 44.2 Å². The molecule has 26 heavy (non-hydrogen) atoms. The maximum Gasteiger partial charge on any atom is 0.131 e. The van der Waals surface area contributed by atoms with Gasteiger partial charge in [-0.2, -0.15) is 0 Å². The van der Waals surface area contributed by atoms with Gasteiger partial charge in [-0.1, -0.05) is 24.3 Å². The molecule has 0 amide bonds. The second-order valence-electron chi connectivity index (χ2n) is 7.86. The Balaban J connectivity index is 1.33. The Labute approximate surface area is 156 Å². The number of hydrogen-bond donors (Lipinski definition) is 0. The van der Waals surface area contributed by atoms with E-state index in [0.717, 1.165) is 32.0 Å². The van der Waals surface area contributed by atoms with E-state index in [1.807, 2.05) is 42.6 Å². The molecule has 4 heteroatoms. The number of aromatic nitrogens is 1. The number of hydrogen-bond acceptors (Lipinski definition) is 4. The van der Waals surface area contributed by atoms with Gasteiger partial charge in [0.1, 0.15) is 18.2 Å². The first-order chi connectivity index (χ1) is 12.7. The lowest BCUT2D eigenvalue weighted by Crippen LogP contribution is -2.46. The highest BCUT2D eigenvalue weighted by molar-refractivity contribution is 5.47. The molecule has 0 radical (unpaired) electrons. The van der Waals surface area contributed by atoms with E-state index in [2.05, 4.69) is 27.8 Å². The SMILES string of the molecule is Cc1cccnc1N1CCC2(CCCN(CCOc3ccccc3)C2)C1. The van der Waals surface area contributed by atoms with Gasteiger partial charge in [0.25, 0.3) is 0 Å². The van der Waals surface area contributed by atoms with Crippen LogP contribution in [0.15, 0.2) is 48.7 Å². The summed E-state index contributed by atoms with van der Waals surface area (Å²) in [5.74, 6) is 2.14. The van der Waals surface area contributed by atoms with E-state index in [-0.39, 0.29) is 0 Å². The van der Waals surface area contributed by atoms with Crippen LogP contribution in [-0.2, 0) is 0 Å². The Morgan fingerprint density at radius 2 is 1.92 bits per heavy atom. The molecule has 2 fully saturated rings. The molecule has 4 rings (SSSR count). The standard InChI is InChI=1S/C22H29N3O/c1-19-7-5-12-23-21(19)25-14-11-22(18-25)10-6-13-24(17-22)15-16-26-20-8-3-2-4-9-20/h2-5,7-9,12H,6,10-11,13-18H2,1H3. The van der Waals surface area contributed by atoms with E-state index in [1.54, 1.807) is 0 Å². The van der Waals surface area contributed by atoms with Gasteiger partial charge in [0.2, 0.25) is 0 Å². The fourth-order valence-electron chi connectivity index (χ4n) is 4.57. The highest BCUT2D eigenvalue weighted by atomic mass is 16.5. The lowest BCUT2D eigenvalue weighted by atomic mass is 9.79. The van der Waals surface area contributed by atoms with Gasteiger partial charge in [0, 0.05) is 37.8 Å². The first-order valence-corrected chi connectivity index (χ1v) is 9.81. The molecular weight excluding hydrogens is 322 g/mol. The Hall–Kier alpha value is -2.07. The number of pyridine rings is 1. The third-order valence-corrected chi connectivity index (χ3v) is 5.88. The van der Waals surface area contributed by atoms with Crippen LogP contribution in [0, 0.1) is 12.3 Å². The van der Waals surface area contributed by atoms with E-state index in [4.69, 9.17) is 4.74 Å². The average molecular weight is 351 g/mol. The fraction of sp³-hybridized carbons (Fsp3) is 0.500. The highest BCUT2D eigenvalue weighted by Crippen LogP contribution is 2.40. The van der Waals surface area contributed by atoms with Crippen molar-refractivity contribution < 1.29 is 4.74 Å². The number of piperidine rings is 1. The van der Waals surface area contributed by atoms with Crippen molar-refractivity contribution in [2.24, 2.45) is 5.41 Å². The number of aryl methyl sites for hydroxylation is 1. The third kappa shape index (κ3) is 3.85. The second-order valence-corrected chi connectivity index (χ2v) is 7.86. The maximum atomic E-state index is 5.90. The Morgan fingerprint density at radius 3 is 2.77 bits per heavy atom. The van der Waals surface area contributed by atoms with E-state index >= 15 is 0 Å². The molecule has 2 saturated heterocycles. The molecule has 2 aliphatic heterocycles. The summed E-state index contributed by atoms with van der Waals surface area (Å²) in [6.45, 7) is 8.60. The van der Waals surface area contributed by atoms with Gasteiger partial charge in [-0.3, -0.25) is 4.90 Å². The molecule has 138 valence electrons. The van der Waals surface area contributed by atoms with E-state index in [9.17, 15) is 0 Å². The zero-order chi connectivity index (χ0) is 17.8. The minimum Gasteiger partial charge on any atom is -0.492 e. The minimum atomic E-state index is 0.426. The highest BCUT2D eigenvalue weighted by Gasteiger charge is 2.41. The van der Waals surface area contributed by atoms with Crippen molar-refractivity contribution in [1.29, 1.82) is 0 Å². The Kier molecular flexibility index (Phi) is 5.11. The van der Waals surface area contributed by atoms with Crippen LogP contribution in [0.2, 0.25) is 0 Å². The van der Waals surface area contributed by atoms with Gasteiger partial charge in [-0.05, 0) is 56.5 Å². The number of ether oxygens (including phenoxy) is 1. The summed E-state index contributed by atoms with van der Waals surface area (Å²) in [7, 11) is 0. The summed E-state index contributed by atoms with van der Waals surface area (Å²) in [4.78, 5) is 9.73. The van der Waals surface area contributed by atoms with Crippen molar-refractivity contribution in [3.8, 4) is 5.75 Å². The van der Waals surface area contributed by atoms with Crippen molar-refractivity contribution in [3.05, 3.63) is 54.2 Å². The molecule has 0 aliphatic carbocycles. The van der Waals surface area contributed by atoms with Crippen LogP contribution in [-0.4, -0.2) is 49.2 Å². The van der Waals surface area contributed by atoms with Gasteiger partial charge >= 0.3 is 0 Å². The van der Waals surface area contributed by atoms with Crippen molar-refractivity contribution in [1.82, 2.24) is 9.88 Å². The number of anilines is 1. The number of likely N-dealkylation sites (tertiary alicyclic amines) is 1. The van der Waals surface area contributed by atoms with Crippen molar-refractivity contribution >= 4 is 5.82 Å². The van der Waals surface area contributed by atoms with Crippen LogP contribution in [0.1, 0.15) is 24.8 Å². The fourth-order valence-corrected chi connectivity index (χ4v) is 4.57. The zero-order valence-electron chi connectivity index (χ0n) is 15.7. The lowest BCUT2D eigenvalue weighted by molar-refractivity contribution is 0.0913. The van der Waals surface area contributed by atoms with Gasteiger partial charge < -0.3 is 9.64 Å². The van der Waals surface area contributed by atoms with Gasteiger partial charge in [0.15, 0.2) is 0 Å². The van der Waals surface area contributed by atoms with E-state index in [1.165, 1.54) is 43.7 Å². The average Bonchev–Trinajstić information content (AvgIpc) is 3.06. The second kappa shape index (κ2) is 7.67. The number of rotatable bonds is 5. The topological polar surface area (TPSA) is 28.6 Å².